The van der Waals surface area contributed by atoms with E-state index in [2.05, 4.69) is 30.1 Å². The van der Waals surface area contributed by atoms with Crippen LogP contribution in [0.25, 0.3) is 0 Å². The molecule has 1 aromatic heterocycles. The molecule has 1 fully saturated rings. The maximum absolute atomic E-state index is 5.80. The predicted molar refractivity (Wildman–Crippen MR) is 83.7 cm³/mol. The van der Waals surface area contributed by atoms with E-state index in [1.54, 1.807) is 0 Å². The van der Waals surface area contributed by atoms with Crippen LogP contribution in [0.2, 0.25) is 0 Å². The van der Waals surface area contributed by atoms with Crippen molar-refractivity contribution in [1.82, 2.24) is 10.2 Å². The van der Waals surface area contributed by atoms with Gasteiger partial charge in [-0.05, 0) is 58.3 Å². The molecule has 0 bridgehead atoms. The maximum atomic E-state index is 5.80. The van der Waals surface area contributed by atoms with E-state index >= 15 is 0 Å². The molecule has 3 heteroatoms. The molecule has 1 N–H and O–H groups in total. The minimum Gasteiger partial charge on any atom is -0.465 e. The molecule has 0 radical (unpaired) electrons. The van der Waals surface area contributed by atoms with Crippen LogP contribution in [0, 0.1) is 12.8 Å². The molecule has 1 aliphatic rings. The Bertz CT molecular complexity index is 400. The molecule has 1 saturated heterocycles. The van der Waals surface area contributed by atoms with E-state index < -0.39 is 0 Å². The lowest BCUT2D eigenvalue weighted by atomic mass is 9.96. The average Bonchev–Trinajstić information content (AvgIpc) is 2.62. The summed E-state index contributed by atoms with van der Waals surface area (Å²) in [5, 5.41) is 3.15. The zero-order valence-corrected chi connectivity index (χ0v) is 13.4. The first kappa shape index (κ1) is 15.6. The molecule has 0 aromatic carbocycles. The van der Waals surface area contributed by atoms with E-state index in [1.165, 1.54) is 50.8 Å². The van der Waals surface area contributed by atoms with Crippen molar-refractivity contribution in [3.05, 3.63) is 23.2 Å². The number of furan rings is 1. The summed E-state index contributed by atoms with van der Waals surface area (Å²) in [5.41, 5.74) is 1.36. The Balaban J connectivity index is 1.89. The van der Waals surface area contributed by atoms with Crippen molar-refractivity contribution < 1.29 is 4.42 Å². The molecule has 1 atom stereocenters. The van der Waals surface area contributed by atoms with Crippen molar-refractivity contribution in [2.75, 3.05) is 20.1 Å². The smallest absolute Gasteiger partial charge is 0.118 e. The van der Waals surface area contributed by atoms with E-state index in [1.807, 2.05) is 7.05 Å². The van der Waals surface area contributed by atoms with E-state index in [4.69, 9.17) is 4.42 Å². The first-order chi connectivity index (χ1) is 9.72. The molecule has 2 rings (SSSR count). The van der Waals surface area contributed by atoms with Crippen molar-refractivity contribution in [2.45, 2.75) is 59.0 Å². The topological polar surface area (TPSA) is 28.4 Å². The second kappa shape index (κ2) is 7.84. The van der Waals surface area contributed by atoms with Crippen molar-refractivity contribution in [2.24, 2.45) is 5.92 Å². The highest BCUT2D eigenvalue weighted by Crippen LogP contribution is 2.24. The Kier molecular flexibility index (Phi) is 6.11. The summed E-state index contributed by atoms with van der Waals surface area (Å²) < 4.78 is 5.80. The van der Waals surface area contributed by atoms with Crippen LogP contribution in [0.5, 0.6) is 0 Å². The Morgan fingerprint density at radius 3 is 2.95 bits per heavy atom. The third-order valence-electron chi connectivity index (χ3n) is 4.45. The second-order valence-corrected chi connectivity index (χ2v) is 6.19. The fourth-order valence-electron chi connectivity index (χ4n) is 3.33. The Hall–Kier alpha value is -0.800. The van der Waals surface area contributed by atoms with Crippen LogP contribution in [0.1, 0.15) is 56.1 Å². The third kappa shape index (κ3) is 4.35. The van der Waals surface area contributed by atoms with Crippen molar-refractivity contribution in [3.63, 3.8) is 0 Å². The van der Waals surface area contributed by atoms with Gasteiger partial charge < -0.3 is 9.73 Å². The van der Waals surface area contributed by atoms with Crippen LogP contribution in [-0.2, 0) is 13.1 Å². The van der Waals surface area contributed by atoms with Gasteiger partial charge in [-0.1, -0.05) is 19.8 Å². The van der Waals surface area contributed by atoms with Crippen molar-refractivity contribution in [1.29, 1.82) is 0 Å². The third-order valence-corrected chi connectivity index (χ3v) is 4.45. The maximum Gasteiger partial charge on any atom is 0.118 e. The van der Waals surface area contributed by atoms with Gasteiger partial charge >= 0.3 is 0 Å². The number of rotatable bonds is 6. The summed E-state index contributed by atoms with van der Waals surface area (Å²) >= 11 is 0. The molecular formula is C17H30N2O. The van der Waals surface area contributed by atoms with Gasteiger partial charge in [0.15, 0.2) is 0 Å². The molecule has 1 aromatic rings. The van der Waals surface area contributed by atoms with Crippen LogP contribution in [-0.4, -0.2) is 25.0 Å². The van der Waals surface area contributed by atoms with E-state index in [-0.39, 0.29) is 0 Å². The lowest BCUT2D eigenvalue weighted by molar-refractivity contribution is 0.269. The molecule has 0 spiro atoms. The van der Waals surface area contributed by atoms with Crippen LogP contribution >= 0.6 is 0 Å². The number of likely N-dealkylation sites (tertiary alicyclic amines) is 1. The van der Waals surface area contributed by atoms with Gasteiger partial charge in [-0.25, -0.2) is 0 Å². The molecular weight excluding hydrogens is 248 g/mol. The Morgan fingerprint density at radius 2 is 2.20 bits per heavy atom. The molecule has 0 amide bonds. The summed E-state index contributed by atoms with van der Waals surface area (Å²) in [7, 11) is 1.96. The summed E-state index contributed by atoms with van der Waals surface area (Å²) in [4.78, 5) is 2.61. The molecule has 3 nitrogen and oxygen atoms in total. The Labute approximate surface area is 123 Å². The highest BCUT2D eigenvalue weighted by atomic mass is 16.3. The van der Waals surface area contributed by atoms with Crippen molar-refractivity contribution in [3.8, 4) is 0 Å². The highest BCUT2D eigenvalue weighted by Gasteiger charge is 2.18. The van der Waals surface area contributed by atoms with Crippen molar-refractivity contribution >= 4 is 0 Å². The van der Waals surface area contributed by atoms with E-state index in [0.717, 1.165) is 30.5 Å². The van der Waals surface area contributed by atoms with Gasteiger partial charge in [0.05, 0.1) is 6.54 Å². The van der Waals surface area contributed by atoms with Crippen LogP contribution in [0.15, 0.2) is 10.5 Å². The van der Waals surface area contributed by atoms with Crippen LogP contribution in [0.4, 0.5) is 0 Å². The van der Waals surface area contributed by atoms with Gasteiger partial charge in [-0.3, -0.25) is 4.90 Å². The molecule has 1 unspecified atom stereocenters. The number of aryl methyl sites for hydroxylation is 1. The molecule has 20 heavy (non-hydrogen) atoms. The largest absolute Gasteiger partial charge is 0.465 e. The average molecular weight is 278 g/mol. The summed E-state index contributed by atoms with van der Waals surface area (Å²) in [6.45, 7) is 8.76. The summed E-state index contributed by atoms with van der Waals surface area (Å²) in [6.07, 6.45) is 6.88. The normalized spacial score (nSPS) is 21.1. The zero-order chi connectivity index (χ0) is 14.4. The number of hydrogen-bond acceptors (Lipinski definition) is 3. The quantitative estimate of drug-likeness (QED) is 0.860. The van der Waals surface area contributed by atoms with Crippen LogP contribution < -0.4 is 5.32 Å². The number of nitrogens with zero attached hydrogens (tertiary/aromatic N) is 1. The Morgan fingerprint density at radius 1 is 1.35 bits per heavy atom. The second-order valence-electron chi connectivity index (χ2n) is 6.19. The number of hydrogen-bond donors (Lipinski definition) is 1. The van der Waals surface area contributed by atoms with Gasteiger partial charge in [0.25, 0.3) is 0 Å². The fraction of sp³-hybridized carbons (Fsp3) is 0.765. The minimum absolute atomic E-state index is 0.819. The van der Waals surface area contributed by atoms with Gasteiger partial charge in [0.2, 0.25) is 0 Å². The van der Waals surface area contributed by atoms with Gasteiger partial charge in [-0.2, -0.15) is 0 Å². The highest BCUT2D eigenvalue weighted by molar-refractivity contribution is 5.20. The molecule has 0 saturated carbocycles. The number of nitrogens with one attached hydrogen (secondary N) is 1. The SMILES string of the molecule is CCCC1CCCN(Cc2cc(CNC)oc2C)CC1. The van der Waals surface area contributed by atoms with Gasteiger partial charge in [-0.15, -0.1) is 0 Å². The molecule has 2 heterocycles. The van der Waals surface area contributed by atoms with E-state index in [0.29, 0.717) is 0 Å². The minimum atomic E-state index is 0.819. The summed E-state index contributed by atoms with van der Waals surface area (Å²) in [5.74, 6) is 3.10. The summed E-state index contributed by atoms with van der Waals surface area (Å²) in [6, 6.07) is 2.22. The van der Waals surface area contributed by atoms with E-state index in [9.17, 15) is 0 Å². The first-order valence-corrected chi connectivity index (χ1v) is 8.18. The lowest BCUT2D eigenvalue weighted by Gasteiger charge is -2.19. The molecule has 1 aliphatic heterocycles. The zero-order valence-electron chi connectivity index (χ0n) is 13.4. The monoisotopic (exact) mass is 278 g/mol. The lowest BCUT2D eigenvalue weighted by Crippen LogP contribution is -2.24. The standard InChI is InChI=1S/C17H30N2O/c1-4-6-15-7-5-9-19(10-8-15)13-16-11-17(12-18-3)20-14(16)2/h11,15,18H,4-10,12-13H2,1-3H3. The molecule has 0 aliphatic carbocycles. The van der Waals surface area contributed by atoms with Gasteiger partial charge in [0.1, 0.15) is 11.5 Å². The first-order valence-electron chi connectivity index (χ1n) is 8.18. The predicted octanol–water partition coefficient (Wildman–Crippen LogP) is 3.71. The van der Waals surface area contributed by atoms with Gasteiger partial charge in [0, 0.05) is 12.1 Å². The fourth-order valence-corrected chi connectivity index (χ4v) is 3.33. The molecule has 114 valence electrons. The van der Waals surface area contributed by atoms with Crippen LogP contribution in [0.3, 0.4) is 0 Å².